The minimum Gasteiger partial charge on any atom is -0.497 e. The summed E-state index contributed by atoms with van der Waals surface area (Å²) in [5.41, 5.74) is 0.905. The quantitative estimate of drug-likeness (QED) is 0.594. The van der Waals surface area contributed by atoms with Gasteiger partial charge in [-0.3, -0.25) is 9.59 Å². The lowest BCUT2D eigenvalue weighted by Crippen LogP contribution is -2.32. The van der Waals surface area contributed by atoms with Crippen LogP contribution in [0.25, 0.3) is 0 Å². The number of methoxy groups -OCH3 is 1. The Hall–Kier alpha value is -2.90. The van der Waals surface area contributed by atoms with Crippen LogP contribution in [-0.4, -0.2) is 25.5 Å². The number of carbonyl (C=O) groups is 2. The number of ether oxygens (including phenoxy) is 1. The van der Waals surface area contributed by atoms with Gasteiger partial charge in [0.25, 0.3) is 5.91 Å². The van der Waals surface area contributed by atoms with E-state index >= 15 is 0 Å². The van der Waals surface area contributed by atoms with Gasteiger partial charge in [0.1, 0.15) is 12.0 Å². The lowest BCUT2D eigenvalue weighted by atomic mass is 10.3. The number of hydrogen-bond donors (Lipinski definition) is 2. The highest BCUT2D eigenvalue weighted by Crippen LogP contribution is 2.35. The van der Waals surface area contributed by atoms with Crippen LogP contribution in [0, 0.1) is 0 Å². The van der Waals surface area contributed by atoms with Gasteiger partial charge in [-0.1, -0.05) is 23.4 Å². The van der Waals surface area contributed by atoms with Crippen molar-refractivity contribution in [1.82, 2.24) is 5.32 Å². The van der Waals surface area contributed by atoms with Gasteiger partial charge in [-0.2, -0.15) is 0 Å². The van der Waals surface area contributed by atoms with Crippen molar-refractivity contribution in [1.29, 1.82) is 0 Å². The van der Waals surface area contributed by atoms with Crippen molar-refractivity contribution in [2.75, 3.05) is 19.0 Å². The first-order chi connectivity index (χ1) is 13.5. The SMILES string of the molecule is COc1ccc(Sc2ccc(NC(=O)CNC(=O)c3ccoc3)cc2Cl)cc1. The zero-order valence-corrected chi connectivity index (χ0v) is 16.5. The molecule has 3 rings (SSSR count). The summed E-state index contributed by atoms with van der Waals surface area (Å²) in [6, 6.07) is 14.4. The summed E-state index contributed by atoms with van der Waals surface area (Å²) in [5.74, 6) is 0.0463. The molecule has 0 radical (unpaired) electrons. The Morgan fingerprint density at radius 1 is 1.14 bits per heavy atom. The Balaban J connectivity index is 1.55. The van der Waals surface area contributed by atoms with E-state index in [0.717, 1.165) is 15.5 Å². The molecule has 0 aliphatic heterocycles. The van der Waals surface area contributed by atoms with Crippen LogP contribution in [-0.2, 0) is 4.79 Å². The van der Waals surface area contributed by atoms with E-state index in [0.29, 0.717) is 16.3 Å². The van der Waals surface area contributed by atoms with Gasteiger partial charge in [-0.25, -0.2) is 0 Å². The largest absolute Gasteiger partial charge is 0.497 e. The number of carbonyl (C=O) groups excluding carboxylic acids is 2. The molecule has 3 aromatic rings. The highest BCUT2D eigenvalue weighted by Gasteiger charge is 2.10. The van der Waals surface area contributed by atoms with E-state index in [1.165, 1.54) is 30.4 Å². The van der Waals surface area contributed by atoms with Crippen LogP contribution in [0.3, 0.4) is 0 Å². The van der Waals surface area contributed by atoms with Gasteiger partial charge in [0, 0.05) is 15.5 Å². The number of anilines is 1. The molecule has 2 aromatic carbocycles. The van der Waals surface area contributed by atoms with Crippen LogP contribution in [0.4, 0.5) is 5.69 Å². The second-order valence-corrected chi connectivity index (χ2v) is 7.19. The molecular formula is C20H17ClN2O4S. The summed E-state index contributed by atoms with van der Waals surface area (Å²) in [4.78, 5) is 25.7. The molecule has 0 saturated heterocycles. The molecule has 2 amide bonds. The average molecular weight is 417 g/mol. The molecule has 6 nitrogen and oxygen atoms in total. The first-order valence-electron chi connectivity index (χ1n) is 8.27. The van der Waals surface area contributed by atoms with Crippen molar-refractivity contribution >= 4 is 40.9 Å². The van der Waals surface area contributed by atoms with Crippen LogP contribution in [0.5, 0.6) is 5.75 Å². The molecule has 0 fully saturated rings. The molecule has 0 unspecified atom stereocenters. The van der Waals surface area contributed by atoms with Crippen LogP contribution < -0.4 is 15.4 Å². The number of amides is 2. The Bertz CT molecular complexity index is 959. The zero-order chi connectivity index (χ0) is 19.9. The topological polar surface area (TPSA) is 80.6 Å². The van der Waals surface area contributed by atoms with Gasteiger partial charge in [-0.05, 0) is 48.5 Å². The van der Waals surface area contributed by atoms with E-state index in [-0.39, 0.29) is 18.4 Å². The van der Waals surface area contributed by atoms with Crippen molar-refractivity contribution in [3.8, 4) is 5.75 Å². The zero-order valence-electron chi connectivity index (χ0n) is 14.9. The van der Waals surface area contributed by atoms with E-state index in [1.807, 2.05) is 30.3 Å². The molecule has 1 aromatic heterocycles. The molecule has 144 valence electrons. The molecule has 28 heavy (non-hydrogen) atoms. The lowest BCUT2D eigenvalue weighted by molar-refractivity contribution is -0.115. The van der Waals surface area contributed by atoms with Crippen LogP contribution in [0.1, 0.15) is 10.4 Å². The van der Waals surface area contributed by atoms with Crippen molar-refractivity contribution in [3.63, 3.8) is 0 Å². The minimum atomic E-state index is -0.381. The maximum Gasteiger partial charge on any atom is 0.254 e. The first-order valence-corrected chi connectivity index (χ1v) is 9.46. The maximum absolute atomic E-state index is 12.0. The summed E-state index contributed by atoms with van der Waals surface area (Å²) >= 11 is 7.85. The number of halogens is 1. The van der Waals surface area contributed by atoms with E-state index in [2.05, 4.69) is 10.6 Å². The predicted octanol–water partition coefficient (Wildman–Crippen LogP) is 4.46. The number of rotatable bonds is 7. The third kappa shape index (κ3) is 5.31. The third-order valence-electron chi connectivity index (χ3n) is 3.70. The van der Waals surface area contributed by atoms with Gasteiger partial charge in [0.05, 0.1) is 30.5 Å². The third-order valence-corrected chi connectivity index (χ3v) is 5.20. The van der Waals surface area contributed by atoms with Crippen molar-refractivity contribution in [3.05, 3.63) is 71.6 Å². The van der Waals surface area contributed by atoms with Gasteiger partial charge < -0.3 is 19.8 Å². The van der Waals surface area contributed by atoms with Crippen LogP contribution in [0.15, 0.2) is 75.3 Å². The van der Waals surface area contributed by atoms with Crippen molar-refractivity contribution < 1.29 is 18.7 Å². The van der Waals surface area contributed by atoms with Crippen LogP contribution >= 0.6 is 23.4 Å². The van der Waals surface area contributed by atoms with E-state index in [9.17, 15) is 9.59 Å². The normalized spacial score (nSPS) is 10.4. The average Bonchev–Trinajstić information content (AvgIpc) is 3.24. The summed E-state index contributed by atoms with van der Waals surface area (Å²) < 4.78 is 9.98. The molecular weight excluding hydrogens is 400 g/mol. The maximum atomic E-state index is 12.0. The number of nitrogens with one attached hydrogen (secondary N) is 2. The van der Waals surface area contributed by atoms with Crippen molar-refractivity contribution in [2.45, 2.75) is 9.79 Å². The molecule has 2 N–H and O–H groups in total. The molecule has 1 heterocycles. The second kappa shape index (κ2) is 9.34. The summed E-state index contributed by atoms with van der Waals surface area (Å²) in [6.07, 6.45) is 2.70. The second-order valence-electron chi connectivity index (χ2n) is 5.67. The lowest BCUT2D eigenvalue weighted by Gasteiger charge is -2.09. The minimum absolute atomic E-state index is 0.163. The molecule has 0 bridgehead atoms. The number of furan rings is 1. The Morgan fingerprint density at radius 3 is 2.57 bits per heavy atom. The first kappa shape index (κ1) is 19.9. The highest BCUT2D eigenvalue weighted by molar-refractivity contribution is 7.99. The summed E-state index contributed by atoms with van der Waals surface area (Å²) in [7, 11) is 1.62. The standard InChI is InChI=1S/C20H17ClN2O4S/c1-26-15-3-5-16(6-4-15)28-18-7-2-14(10-17(18)21)23-19(24)11-22-20(25)13-8-9-27-12-13/h2-10,12H,11H2,1H3,(H,22,25)(H,23,24). The monoisotopic (exact) mass is 416 g/mol. The molecule has 0 spiro atoms. The summed E-state index contributed by atoms with van der Waals surface area (Å²) in [6.45, 7) is -0.163. The smallest absolute Gasteiger partial charge is 0.254 e. The van der Waals surface area contributed by atoms with E-state index in [4.69, 9.17) is 20.8 Å². The summed E-state index contributed by atoms with van der Waals surface area (Å²) in [5, 5.41) is 5.73. The Morgan fingerprint density at radius 2 is 1.93 bits per heavy atom. The Labute approximate surface area is 171 Å². The fourth-order valence-electron chi connectivity index (χ4n) is 2.29. The van der Waals surface area contributed by atoms with Gasteiger partial charge in [0.2, 0.25) is 5.91 Å². The molecule has 0 atom stereocenters. The molecule has 0 aliphatic carbocycles. The highest BCUT2D eigenvalue weighted by atomic mass is 35.5. The molecule has 0 saturated carbocycles. The molecule has 0 aliphatic rings. The molecule has 8 heteroatoms. The fraction of sp³-hybridized carbons (Fsp3) is 0.100. The number of benzene rings is 2. The Kier molecular flexibility index (Phi) is 6.62. The van der Waals surface area contributed by atoms with E-state index in [1.54, 1.807) is 19.2 Å². The predicted molar refractivity (Wildman–Crippen MR) is 108 cm³/mol. The number of hydrogen-bond acceptors (Lipinski definition) is 5. The van der Waals surface area contributed by atoms with Crippen molar-refractivity contribution in [2.24, 2.45) is 0 Å². The van der Waals surface area contributed by atoms with Gasteiger partial charge in [-0.15, -0.1) is 0 Å². The fourth-order valence-corrected chi connectivity index (χ4v) is 3.41. The van der Waals surface area contributed by atoms with Crippen LogP contribution in [0.2, 0.25) is 5.02 Å². The van der Waals surface area contributed by atoms with Gasteiger partial charge in [0.15, 0.2) is 0 Å². The van der Waals surface area contributed by atoms with Gasteiger partial charge >= 0.3 is 0 Å². The van der Waals surface area contributed by atoms with E-state index < -0.39 is 0 Å².